The van der Waals surface area contributed by atoms with Crippen molar-refractivity contribution in [3.8, 4) is 0 Å². The summed E-state index contributed by atoms with van der Waals surface area (Å²) in [7, 11) is 0. The van der Waals surface area contributed by atoms with Gasteiger partial charge < -0.3 is 0 Å². The fourth-order valence-electron chi connectivity index (χ4n) is 1.19. The Morgan fingerprint density at radius 1 is 1.08 bits per heavy atom. The minimum Gasteiger partial charge on any atom is -0.266 e. The van der Waals surface area contributed by atoms with Crippen LogP contribution in [-0.4, -0.2) is 5.71 Å². The van der Waals surface area contributed by atoms with Crippen LogP contribution in [0, 0.1) is 0 Å². The fraction of sp³-hybridized carbons (Fsp3) is 0.750. The molecule has 0 saturated heterocycles. The number of aliphatic imine (C=N–C) groups is 1. The van der Waals surface area contributed by atoms with Crippen molar-refractivity contribution in [2.75, 3.05) is 0 Å². The molecule has 0 radical (unpaired) electrons. The summed E-state index contributed by atoms with van der Waals surface area (Å²) in [5.74, 6) is 0. The standard InChI is InChI=1S/C12H23N/c1-5-8-12(9-6-2)10-13-11(4)7-3/h10H,5-9H2,1-4H3. The van der Waals surface area contributed by atoms with Crippen molar-refractivity contribution in [1.29, 1.82) is 0 Å². The van der Waals surface area contributed by atoms with Crippen LogP contribution in [0.3, 0.4) is 0 Å². The van der Waals surface area contributed by atoms with E-state index in [4.69, 9.17) is 0 Å². The van der Waals surface area contributed by atoms with Crippen molar-refractivity contribution < 1.29 is 0 Å². The second-order valence-electron chi connectivity index (χ2n) is 3.51. The summed E-state index contributed by atoms with van der Waals surface area (Å²) in [6.45, 7) is 8.68. The maximum atomic E-state index is 4.43. The van der Waals surface area contributed by atoms with Gasteiger partial charge in [0.15, 0.2) is 0 Å². The summed E-state index contributed by atoms with van der Waals surface area (Å²) in [6.07, 6.45) is 8.00. The second kappa shape index (κ2) is 8.03. The van der Waals surface area contributed by atoms with E-state index in [2.05, 4.69) is 38.9 Å². The number of hydrogen-bond donors (Lipinski definition) is 0. The third kappa shape index (κ3) is 6.56. The third-order valence-electron chi connectivity index (χ3n) is 2.12. The zero-order valence-corrected chi connectivity index (χ0v) is 9.56. The molecule has 13 heavy (non-hydrogen) atoms. The number of hydrogen-bond acceptors (Lipinski definition) is 1. The molecular weight excluding hydrogens is 158 g/mol. The van der Waals surface area contributed by atoms with Crippen LogP contribution in [0.5, 0.6) is 0 Å². The maximum absolute atomic E-state index is 4.43. The number of allylic oxidation sites excluding steroid dienone is 1. The quantitative estimate of drug-likeness (QED) is 0.540. The van der Waals surface area contributed by atoms with E-state index in [-0.39, 0.29) is 0 Å². The number of rotatable bonds is 6. The van der Waals surface area contributed by atoms with Gasteiger partial charge in [-0.15, -0.1) is 0 Å². The molecule has 1 heteroatoms. The van der Waals surface area contributed by atoms with Crippen LogP contribution in [0.1, 0.15) is 59.8 Å². The van der Waals surface area contributed by atoms with E-state index in [0.717, 1.165) is 6.42 Å². The monoisotopic (exact) mass is 181 g/mol. The lowest BCUT2D eigenvalue weighted by molar-refractivity contribution is 0.799. The highest BCUT2D eigenvalue weighted by Gasteiger charge is 1.93. The first-order valence-corrected chi connectivity index (χ1v) is 5.45. The molecule has 0 bridgehead atoms. The van der Waals surface area contributed by atoms with Crippen LogP contribution in [0.25, 0.3) is 0 Å². The van der Waals surface area contributed by atoms with E-state index < -0.39 is 0 Å². The van der Waals surface area contributed by atoms with E-state index >= 15 is 0 Å². The Morgan fingerprint density at radius 3 is 2.00 bits per heavy atom. The molecule has 0 aromatic carbocycles. The minimum absolute atomic E-state index is 1.06. The molecule has 76 valence electrons. The topological polar surface area (TPSA) is 12.4 Å². The summed E-state index contributed by atoms with van der Waals surface area (Å²) in [4.78, 5) is 4.43. The van der Waals surface area contributed by atoms with Crippen LogP contribution >= 0.6 is 0 Å². The highest BCUT2D eigenvalue weighted by atomic mass is 14.7. The van der Waals surface area contributed by atoms with Crippen molar-refractivity contribution in [3.63, 3.8) is 0 Å². The molecule has 0 fully saturated rings. The van der Waals surface area contributed by atoms with E-state index in [0.29, 0.717) is 0 Å². The first-order valence-electron chi connectivity index (χ1n) is 5.45. The van der Waals surface area contributed by atoms with Crippen LogP contribution in [-0.2, 0) is 0 Å². The predicted octanol–water partition coefficient (Wildman–Crippen LogP) is 4.34. The Labute approximate surface area is 83.0 Å². The third-order valence-corrected chi connectivity index (χ3v) is 2.12. The molecule has 0 amide bonds. The van der Waals surface area contributed by atoms with E-state index in [9.17, 15) is 0 Å². The van der Waals surface area contributed by atoms with Gasteiger partial charge in [-0.25, -0.2) is 0 Å². The summed E-state index contributed by atoms with van der Waals surface area (Å²) in [6, 6.07) is 0. The van der Waals surface area contributed by atoms with E-state index in [1.165, 1.54) is 37.0 Å². The Kier molecular flexibility index (Phi) is 7.66. The molecule has 0 atom stereocenters. The summed E-state index contributed by atoms with van der Waals surface area (Å²) < 4.78 is 0. The summed E-state index contributed by atoms with van der Waals surface area (Å²) in [5.41, 5.74) is 2.72. The van der Waals surface area contributed by atoms with Gasteiger partial charge >= 0.3 is 0 Å². The molecule has 0 aliphatic rings. The second-order valence-corrected chi connectivity index (χ2v) is 3.51. The SMILES string of the molecule is CCCC(=CN=C(C)CC)CCC. The lowest BCUT2D eigenvalue weighted by Gasteiger charge is -2.02. The van der Waals surface area contributed by atoms with Gasteiger partial charge in [-0.05, 0) is 26.2 Å². The minimum atomic E-state index is 1.06. The Bertz CT molecular complexity index is 170. The molecule has 0 saturated carbocycles. The first-order chi connectivity index (χ1) is 6.24. The smallest absolute Gasteiger partial charge is 0.0259 e. The van der Waals surface area contributed by atoms with E-state index in [1.807, 2.05) is 0 Å². The van der Waals surface area contributed by atoms with Crippen LogP contribution in [0.4, 0.5) is 0 Å². The Balaban J connectivity index is 4.16. The molecule has 0 aromatic rings. The fourth-order valence-corrected chi connectivity index (χ4v) is 1.19. The lowest BCUT2D eigenvalue weighted by Crippen LogP contribution is -1.87. The Hall–Kier alpha value is -0.590. The number of nitrogens with zero attached hydrogens (tertiary/aromatic N) is 1. The van der Waals surface area contributed by atoms with Crippen LogP contribution in [0.2, 0.25) is 0 Å². The van der Waals surface area contributed by atoms with E-state index in [1.54, 1.807) is 0 Å². The van der Waals surface area contributed by atoms with Gasteiger partial charge in [-0.2, -0.15) is 0 Å². The van der Waals surface area contributed by atoms with Crippen molar-refractivity contribution in [3.05, 3.63) is 11.8 Å². The van der Waals surface area contributed by atoms with Gasteiger partial charge in [0.25, 0.3) is 0 Å². The molecule has 0 N–H and O–H groups in total. The van der Waals surface area contributed by atoms with Crippen molar-refractivity contribution in [2.45, 2.75) is 59.8 Å². The maximum Gasteiger partial charge on any atom is 0.0259 e. The molecular formula is C12H23N. The normalized spacial score (nSPS) is 11.5. The average molecular weight is 181 g/mol. The molecule has 0 aromatic heterocycles. The molecule has 0 spiro atoms. The van der Waals surface area contributed by atoms with Gasteiger partial charge in [0.2, 0.25) is 0 Å². The first kappa shape index (κ1) is 12.4. The van der Waals surface area contributed by atoms with Gasteiger partial charge in [0.1, 0.15) is 0 Å². The largest absolute Gasteiger partial charge is 0.266 e. The summed E-state index contributed by atoms with van der Waals surface area (Å²) >= 11 is 0. The Morgan fingerprint density at radius 2 is 1.62 bits per heavy atom. The predicted molar refractivity (Wildman–Crippen MR) is 61.3 cm³/mol. The highest BCUT2D eigenvalue weighted by molar-refractivity contribution is 5.82. The van der Waals surface area contributed by atoms with Gasteiger partial charge in [-0.1, -0.05) is 39.2 Å². The molecule has 0 unspecified atom stereocenters. The van der Waals surface area contributed by atoms with Gasteiger partial charge in [0.05, 0.1) is 0 Å². The average Bonchev–Trinajstić information content (AvgIpc) is 2.14. The van der Waals surface area contributed by atoms with Crippen molar-refractivity contribution >= 4 is 5.71 Å². The van der Waals surface area contributed by atoms with Crippen LogP contribution in [0.15, 0.2) is 16.8 Å². The zero-order valence-electron chi connectivity index (χ0n) is 9.56. The van der Waals surface area contributed by atoms with Gasteiger partial charge in [0, 0.05) is 11.9 Å². The molecule has 0 rings (SSSR count). The molecule has 1 nitrogen and oxygen atoms in total. The van der Waals surface area contributed by atoms with Crippen LogP contribution < -0.4 is 0 Å². The molecule has 0 heterocycles. The molecule has 0 aliphatic heterocycles. The van der Waals surface area contributed by atoms with Gasteiger partial charge in [-0.3, -0.25) is 4.99 Å². The molecule has 0 aliphatic carbocycles. The lowest BCUT2D eigenvalue weighted by atomic mass is 10.1. The van der Waals surface area contributed by atoms with Crippen molar-refractivity contribution in [2.24, 2.45) is 4.99 Å². The van der Waals surface area contributed by atoms with Crippen molar-refractivity contribution in [1.82, 2.24) is 0 Å². The zero-order chi connectivity index (χ0) is 10.1. The highest BCUT2D eigenvalue weighted by Crippen LogP contribution is 2.11. The summed E-state index contributed by atoms with van der Waals surface area (Å²) in [5, 5.41) is 0.